The molecule has 2 aromatic rings. The summed E-state index contributed by atoms with van der Waals surface area (Å²) in [7, 11) is 0. The van der Waals surface area contributed by atoms with Gasteiger partial charge in [-0.15, -0.1) is 0 Å². The molecule has 1 unspecified atom stereocenters. The second kappa shape index (κ2) is 8.23. The SMILES string of the molecule is O=C(NCc1ccco1)C1CCCN1Cc1cc(Cl)c2c(c1)OCCCO2. The first-order chi connectivity index (χ1) is 13.2. The smallest absolute Gasteiger partial charge is 0.237 e. The Bertz CT molecular complexity index is 794. The van der Waals surface area contributed by atoms with Crippen LogP contribution in [-0.4, -0.2) is 36.6 Å². The van der Waals surface area contributed by atoms with E-state index in [0.717, 1.165) is 37.1 Å². The van der Waals surface area contributed by atoms with Gasteiger partial charge >= 0.3 is 0 Å². The number of nitrogens with zero attached hydrogens (tertiary/aromatic N) is 1. The maximum atomic E-state index is 12.6. The van der Waals surface area contributed by atoms with Crippen molar-refractivity contribution in [3.05, 3.63) is 46.9 Å². The van der Waals surface area contributed by atoms with Gasteiger partial charge in [-0.2, -0.15) is 0 Å². The molecule has 1 N–H and O–H groups in total. The summed E-state index contributed by atoms with van der Waals surface area (Å²) in [5, 5.41) is 3.53. The molecule has 1 fully saturated rings. The van der Waals surface area contributed by atoms with Gasteiger partial charge in [0.05, 0.1) is 37.1 Å². The Hall–Kier alpha value is -2.18. The Morgan fingerprint density at radius 3 is 3.00 bits per heavy atom. The van der Waals surface area contributed by atoms with E-state index >= 15 is 0 Å². The van der Waals surface area contributed by atoms with E-state index in [1.807, 2.05) is 24.3 Å². The van der Waals surface area contributed by atoms with Crippen LogP contribution >= 0.6 is 11.6 Å². The lowest BCUT2D eigenvalue weighted by molar-refractivity contribution is -0.125. The fraction of sp³-hybridized carbons (Fsp3) is 0.450. The zero-order valence-corrected chi connectivity index (χ0v) is 15.8. The van der Waals surface area contributed by atoms with E-state index in [0.29, 0.717) is 42.8 Å². The number of fused-ring (bicyclic) bond motifs is 1. The number of ether oxygens (including phenoxy) is 2. The van der Waals surface area contributed by atoms with Crippen molar-refractivity contribution in [1.82, 2.24) is 10.2 Å². The van der Waals surface area contributed by atoms with Crippen LogP contribution in [0.5, 0.6) is 11.5 Å². The molecule has 0 bridgehead atoms. The number of hydrogen-bond donors (Lipinski definition) is 1. The van der Waals surface area contributed by atoms with E-state index in [1.165, 1.54) is 0 Å². The first-order valence-corrected chi connectivity index (χ1v) is 9.70. The number of halogens is 1. The summed E-state index contributed by atoms with van der Waals surface area (Å²) in [5.41, 5.74) is 1.02. The van der Waals surface area contributed by atoms with Crippen LogP contribution in [0.3, 0.4) is 0 Å². The van der Waals surface area contributed by atoms with Gasteiger partial charge in [-0.1, -0.05) is 11.6 Å². The van der Waals surface area contributed by atoms with E-state index in [9.17, 15) is 4.79 Å². The standard InChI is InChI=1S/C20H23ClN2O4/c21-16-10-14(11-18-19(16)27-9-3-8-26-18)13-23-6-1-5-17(23)20(24)22-12-15-4-2-7-25-15/h2,4,7,10-11,17H,1,3,5-6,8-9,12-13H2,(H,22,24). The molecule has 144 valence electrons. The van der Waals surface area contributed by atoms with Crippen LogP contribution in [0.25, 0.3) is 0 Å². The Kier molecular flexibility index (Phi) is 5.55. The molecule has 0 radical (unpaired) electrons. The molecule has 1 aromatic heterocycles. The molecule has 1 atom stereocenters. The molecule has 6 nitrogen and oxygen atoms in total. The monoisotopic (exact) mass is 390 g/mol. The summed E-state index contributed by atoms with van der Waals surface area (Å²) >= 11 is 6.40. The largest absolute Gasteiger partial charge is 0.489 e. The predicted molar refractivity (Wildman–Crippen MR) is 101 cm³/mol. The van der Waals surface area contributed by atoms with Crippen LogP contribution in [0.2, 0.25) is 5.02 Å². The van der Waals surface area contributed by atoms with Crippen molar-refractivity contribution in [1.29, 1.82) is 0 Å². The zero-order chi connectivity index (χ0) is 18.6. The second-order valence-electron chi connectivity index (χ2n) is 6.88. The number of rotatable bonds is 5. The van der Waals surface area contributed by atoms with Gasteiger partial charge in [-0.3, -0.25) is 9.69 Å². The van der Waals surface area contributed by atoms with Crippen LogP contribution < -0.4 is 14.8 Å². The number of likely N-dealkylation sites (tertiary alicyclic amines) is 1. The second-order valence-corrected chi connectivity index (χ2v) is 7.29. The molecule has 1 amide bonds. The van der Waals surface area contributed by atoms with E-state index in [2.05, 4.69) is 10.2 Å². The van der Waals surface area contributed by atoms with Crippen LogP contribution in [-0.2, 0) is 17.9 Å². The van der Waals surface area contributed by atoms with Gasteiger partial charge in [0.2, 0.25) is 5.91 Å². The van der Waals surface area contributed by atoms with Crippen molar-refractivity contribution in [2.75, 3.05) is 19.8 Å². The highest BCUT2D eigenvalue weighted by molar-refractivity contribution is 6.32. The summed E-state index contributed by atoms with van der Waals surface area (Å²) in [4.78, 5) is 14.8. The van der Waals surface area contributed by atoms with Crippen molar-refractivity contribution < 1.29 is 18.7 Å². The number of carbonyl (C=O) groups is 1. The first kappa shape index (κ1) is 18.2. The fourth-order valence-electron chi connectivity index (χ4n) is 3.63. The van der Waals surface area contributed by atoms with E-state index in [-0.39, 0.29) is 11.9 Å². The highest BCUT2D eigenvalue weighted by atomic mass is 35.5. The van der Waals surface area contributed by atoms with Crippen LogP contribution in [0, 0.1) is 0 Å². The van der Waals surface area contributed by atoms with Crippen molar-refractivity contribution in [3.8, 4) is 11.5 Å². The Morgan fingerprint density at radius 2 is 2.15 bits per heavy atom. The topological polar surface area (TPSA) is 63.9 Å². The molecule has 7 heteroatoms. The van der Waals surface area contributed by atoms with Gasteiger partial charge in [-0.25, -0.2) is 0 Å². The number of nitrogens with one attached hydrogen (secondary N) is 1. The Morgan fingerprint density at radius 1 is 1.26 bits per heavy atom. The van der Waals surface area contributed by atoms with Crippen molar-refractivity contribution in [2.24, 2.45) is 0 Å². The van der Waals surface area contributed by atoms with Gasteiger partial charge < -0.3 is 19.2 Å². The summed E-state index contributed by atoms with van der Waals surface area (Å²) in [6.07, 6.45) is 4.29. The molecule has 0 spiro atoms. The lowest BCUT2D eigenvalue weighted by Crippen LogP contribution is -2.42. The lowest BCUT2D eigenvalue weighted by Gasteiger charge is -2.24. The number of furan rings is 1. The third kappa shape index (κ3) is 4.22. The Labute approximate surface area is 163 Å². The molecule has 4 rings (SSSR count). The maximum Gasteiger partial charge on any atom is 0.237 e. The van der Waals surface area contributed by atoms with Gasteiger partial charge in [0, 0.05) is 13.0 Å². The molecule has 3 heterocycles. The van der Waals surface area contributed by atoms with Crippen LogP contribution in [0.4, 0.5) is 0 Å². The molecule has 2 aliphatic heterocycles. The summed E-state index contributed by atoms with van der Waals surface area (Å²) in [5.74, 6) is 2.09. The van der Waals surface area contributed by atoms with Gasteiger partial charge in [0.25, 0.3) is 0 Å². The molecule has 0 saturated carbocycles. The van der Waals surface area contributed by atoms with E-state index < -0.39 is 0 Å². The minimum Gasteiger partial charge on any atom is -0.489 e. The van der Waals surface area contributed by atoms with Gasteiger partial charge in [-0.05, 0) is 49.2 Å². The van der Waals surface area contributed by atoms with Crippen molar-refractivity contribution >= 4 is 17.5 Å². The normalized spacial score (nSPS) is 19.7. The van der Waals surface area contributed by atoms with Gasteiger partial charge in [0.15, 0.2) is 11.5 Å². The van der Waals surface area contributed by atoms with Gasteiger partial charge in [0.1, 0.15) is 5.76 Å². The molecular formula is C20H23ClN2O4. The number of amides is 1. The first-order valence-electron chi connectivity index (χ1n) is 9.33. The molecule has 27 heavy (non-hydrogen) atoms. The summed E-state index contributed by atoms with van der Waals surface area (Å²) < 4.78 is 16.7. The zero-order valence-electron chi connectivity index (χ0n) is 15.1. The minimum absolute atomic E-state index is 0.0318. The molecule has 0 aliphatic carbocycles. The maximum absolute atomic E-state index is 12.6. The third-order valence-corrected chi connectivity index (χ3v) is 5.21. The molecule has 1 aromatic carbocycles. The minimum atomic E-state index is -0.144. The van der Waals surface area contributed by atoms with E-state index in [4.69, 9.17) is 25.5 Å². The summed E-state index contributed by atoms with van der Waals surface area (Å²) in [6, 6.07) is 7.41. The Balaban J connectivity index is 1.43. The predicted octanol–water partition coefficient (Wildman–Crippen LogP) is 3.38. The third-order valence-electron chi connectivity index (χ3n) is 4.93. The number of benzene rings is 1. The average molecular weight is 391 g/mol. The highest BCUT2D eigenvalue weighted by Gasteiger charge is 2.31. The van der Waals surface area contributed by atoms with Crippen molar-refractivity contribution in [3.63, 3.8) is 0 Å². The summed E-state index contributed by atoms with van der Waals surface area (Å²) in [6.45, 7) is 3.16. The number of hydrogen-bond acceptors (Lipinski definition) is 5. The van der Waals surface area contributed by atoms with Crippen LogP contribution in [0.1, 0.15) is 30.6 Å². The van der Waals surface area contributed by atoms with Crippen LogP contribution in [0.15, 0.2) is 34.9 Å². The molecular weight excluding hydrogens is 368 g/mol. The number of carbonyl (C=O) groups excluding carboxylic acids is 1. The van der Waals surface area contributed by atoms with Crippen molar-refractivity contribution in [2.45, 2.75) is 38.4 Å². The average Bonchev–Trinajstić information content (AvgIpc) is 3.28. The quantitative estimate of drug-likeness (QED) is 0.847. The highest BCUT2D eigenvalue weighted by Crippen LogP contribution is 2.38. The fourth-order valence-corrected chi connectivity index (χ4v) is 3.92. The molecule has 1 saturated heterocycles. The van der Waals surface area contributed by atoms with E-state index in [1.54, 1.807) is 6.26 Å². The molecule has 2 aliphatic rings. The lowest BCUT2D eigenvalue weighted by atomic mass is 10.1.